The summed E-state index contributed by atoms with van der Waals surface area (Å²) < 4.78 is 3.08. The second-order valence-corrected chi connectivity index (χ2v) is 5.41. The molecule has 0 unspecified atom stereocenters. The van der Waals surface area contributed by atoms with Crippen molar-refractivity contribution in [3.05, 3.63) is 20.8 Å². The predicted octanol–water partition coefficient (Wildman–Crippen LogP) is -0.126. The third-order valence-electron chi connectivity index (χ3n) is 3.33. The Bertz CT molecular complexity index is 741. The number of nitrogens with one attached hydrogen (secondary N) is 2. The number of aromatic amines is 1. The van der Waals surface area contributed by atoms with E-state index in [1.54, 1.807) is 11.6 Å². The molecule has 0 fully saturated rings. The first-order valence-corrected chi connectivity index (χ1v) is 7.00. The standard InChI is InChI=1S/C13H21N5O3/c1-8(2)4-6-18-9-10(15-12(18)14-5-7-19)17(3)13(21)16-11(9)20/h8,19H,4-7H2,1-3H3,(H,14,15)(H,16,20,21). The lowest BCUT2D eigenvalue weighted by molar-refractivity contribution is 0.310. The number of hydrogen-bond donors (Lipinski definition) is 3. The molecule has 0 radical (unpaired) electrons. The minimum absolute atomic E-state index is 0.0390. The van der Waals surface area contributed by atoms with Gasteiger partial charge in [0.2, 0.25) is 5.95 Å². The van der Waals surface area contributed by atoms with Crippen molar-refractivity contribution in [3.63, 3.8) is 0 Å². The van der Waals surface area contributed by atoms with Gasteiger partial charge in [-0.1, -0.05) is 13.8 Å². The van der Waals surface area contributed by atoms with Gasteiger partial charge in [0.25, 0.3) is 5.56 Å². The van der Waals surface area contributed by atoms with Gasteiger partial charge in [-0.2, -0.15) is 4.98 Å². The number of anilines is 1. The first kappa shape index (κ1) is 15.3. The molecule has 2 aromatic rings. The SMILES string of the molecule is CC(C)CCn1c(NCCO)nc2c1c(=O)[nH]c(=O)n2C. The molecular formula is C13H21N5O3. The topological polar surface area (TPSA) is 105 Å². The van der Waals surface area contributed by atoms with Gasteiger partial charge >= 0.3 is 5.69 Å². The predicted molar refractivity (Wildman–Crippen MR) is 80.6 cm³/mol. The molecule has 0 aliphatic carbocycles. The van der Waals surface area contributed by atoms with Gasteiger partial charge in [-0.15, -0.1) is 0 Å². The van der Waals surface area contributed by atoms with E-state index in [2.05, 4.69) is 29.1 Å². The lowest BCUT2D eigenvalue weighted by Crippen LogP contribution is -2.29. The molecule has 2 aromatic heterocycles. The maximum absolute atomic E-state index is 12.1. The molecule has 3 N–H and O–H groups in total. The van der Waals surface area contributed by atoms with Gasteiger partial charge in [-0.25, -0.2) is 4.79 Å². The lowest BCUT2D eigenvalue weighted by atomic mass is 10.1. The van der Waals surface area contributed by atoms with Crippen LogP contribution < -0.4 is 16.6 Å². The zero-order chi connectivity index (χ0) is 15.6. The van der Waals surface area contributed by atoms with Crippen molar-refractivity contribution in [2.45, 2.75) is 26.8 Å². The van der Waals surface area contributed by atoms with Gasteiger partial charge in [0.1, 0.15) is 0 Å². The molecule has 0 saturated carbocycles. The van der Waals surface area contributed by atoms with Crippen LogP contribution in [0.4, 0.5) is 5.95 Å². The van der Waals surface area contributed by atoms with Gasteiger partial charge in [-0.3, -0.25) is 14.3 Å². The highest BCUT2D eigenvalue weighted by molar-refractivity contribution is 5.74. The molecule has 0 saturated heterocycles. The average molecular weight is 295 g/mol. The van der Waals surface area contributed by atoms with Crippen LogP contribution in [0, 0.1) is 5.92 Å². The normalized spacial score (nSPS) is 11.5. The van der Waals surface area contributed by atoms with Crippen LogP contribution in [0.15, 0.2) is 9.59 Å². The van der Waals surface area contributed by atoms with E-state index in [0.717, 1.165) is 6.42 Å². The number of aryl methyl sites for hydroxylation is 2. The first-order valence-electron chi connectivity index (χ1n) is 7.00. The van der Waals surface area contributed by atoms with Crippen molar-refractivity contribution in [1.29, 1.82) is 0 Å². The largest absolute Gasteiger partial charge is 0.395 e. The van der Waals surface area contributed by atoms with Crippen LogP contribution in [0.2, 0.25) is 0 Å². The molecule has 8 nitrogen and oxygen atoms in total. The van der Waals surface area contributed by atoms with E-state index >= 15 is 0 Å². The summed E-state index contributed by atoms with van der Waals surface area (Å²) in [5.41, 5.74) is -0.220. The number of hydrogen-bond acceptors (Lipinski definition) is 5. The van der Waals surface area contributed by atoms with Gasteiger partial charge in [0.15, 0.2) is 11.2 Å². The van der Waals surface area contributed by atoms with Gasteiger partial charge in [0, 0.05) is 20.1 Å². The minimum Gasteiger partial charge on any atom is -0.395 e. The van der Waals surface area contributed by atoms with Crippen LogP contribution in [0.3, 0.4) is 0 Å². The van der Waals surface area contributed by atoms with Crippen LogP contribution in [-0.4, -0.2) is 37.4 Å². The Kier molecular flexibility index (Phi) is 4.46. The molecule has 0 spiro atoms. The van der Waals surface area contributed by atoms with Crippen molar-refractivity contribution in [2.75, 3.05) is 18.5 Å². The second kappa shape index (κ2) is 6.13. The number of H-pyrrole nitrogens is 1. The second-order valence-electron chi connectivity index (χ2n) is 5.41. The Labute approximate surface area is 121 Å². The van der Waals surface area contributed by atoms with E-state index in [-0.39, 0.29) is 6.61 Å². The van der Waals surface area contributed by atoms with Gasteiger partial charge in [-0.05, 0) is 12.3 Å². The van der Waals surface area contributed by atoms with E-state index < -0.39 is 11.2 Å². The fraction of sp³-hybridized carbons (Fsp3) is 0.615. The summed E-state index contributed by atoms with van der Waals surface area (Å²) >= 11 is 0. The molecule has 0 aliphatic rings. The zero-order valence-corrected chi connectivity index (χ0v) is 12.5. The Balaban J connectivity index is 2.62. The summed E-state index contributed by atoms with van der Waals surface area (Å²) in [5.74, 6) is 0.964. The van der Waals surface area contributed by atoms with E-state index in [0.29, 0.717) is 36.1 Å². The molecule has 8 heteroatoms. The van der Waals surface area contributed by atoms with E-state index in [1.165, 1.54) is 4.57 Å². The number of nitrogens with zero attached hydrogens (tertiary/aromatic N) is 3. The third kappa shape index (κ3) is 2.99. The Morgan fingerprint density at radius 3 is 2.71 bits per heavy atom. The smallest absolute Gasteiger partial charge is 0.329 e. The lowest BCUT2D eigenvalue weighted by Gasteiger charge is -2.11. The van der Waals surface area contributed by atoms with Crippen molar-refractivity contribution in [3.8, 4) is 0 Å². The summed E-state index contributed by atoms with van der Waals surface area (Å²) in [5, 5.41) is 11.9. The summed E-state index contributed by atoms with van der Waals surface area (Å²) in [6, 6.07) is 0. The summed E-state index contributed by atoms with van der Waals surface area (Å²) in [6.07, 6.45) is 0.877. The summed E-state index contributed by atoms with van der Waals surface area (Å²) in [4.78, 5) is 30.4. The Morgan fingerprint density at radius 2 is 2.10 bits per heavy atom. The molecular weight excluding hydrogens is 274 g/mol. The highest BCUT2D eigenvalue weighted by Crippen LogP contribution is 2.17. The van der Waals surface area contributed by atoms with Crippen molar-refractivity contribution in [2.24, 2.45) is 13.0 Å². The first-order chi connectivity index (χ1) is 9.95. The Hall–Kier alpha value is -2.09. The number of imidazole rings is 1. The van der Waals surface area contributed by atoms with Gasteiger partial charge < -0.3 is 15.0 Å². The molecule has 0 bridgehead atoms. The fourth-order valence-electron chi connectivity index (χ4n) is 2.14. The highest BCUT2D eigenvalue weighted by Gasteiger charge is 2.17. The van der Waals surface area contributed by atoms with Crippen LogP contribution in [0.5, 0.6) is 0 Å². The maximum atomic E-state index is 12.1. The molecule has 116 valence electrons. The van der Waals surface area contributed by atoms with Crippen molar-refractivity contribution in [1.82, 2.24) is 19.1 Å². The number of aromatic nitrogens is 4. The van der Waals surface area contributed by atoms with E-state index in [4.69, 9.17) is 5.11 Å². The number of aliphatic hydroxyl groups is 1. The molecule has 0 aromatic carbocycles. The average Bonchev–Trinajstić information content (AvgIpc) is 2.79. The molecule has 0 aliphatic heterocycles. The van der Waals surface area contributed by atoms with Crippen molar-refractivity contribution >= 4 is 17.1 Å². The zero-order valence-electron chi connectivity index (χ0n) is 12.5. The quantitative estimate of drug-likeness (QED) is 0.689. The monoisotopic (exact) mass is 295 g/mol. The van der Waals surface area contributed by atoms with E-state index in [1.807, 2.05) is 0 Å². The molecule has 0 atom stereocenters. The van der Waals surface area contributed by atoms with E-state index in [9.17, 15) is 9.59 Å². The van der Waals surface area contributed by atoms with Crippen LogP contribution >= 0.6 is 0 Å². The van der Waals surface area contributed by atoms with Crippen LogP contribution in [0.1, 0.15) is 20.3 Å². The molecule has 2 rings (SSSR count). The minimum atomic E-state index is -0.491. The molecule has 0 amide bonds. The fourth-order valence-corrected chi connectivity index (χ4v) is 2.14. The van der Waals surface area contributed by atoms with Crippen molar-refractivity contribution < 1.29 is 5.11 Å². The van der Waals surface area contributed by atoms with Gasteiger partial charge in [0.05, 0.1) is 6.61 Å². The number of rotatable bonds is 6. The summed E-state index contributed by atoms with van der Waals surface area (Å²) in [6.45, 7) is 5.10. The third-order valence-corrected chi connectivity index (χ3v) is 3.33. The van der Waals surface area contributed by atoms with Crippen LogP contribution in [-0.2, 0) is 13.6 Å². The molecule has 21 heavy (non-hydrogen) atoms. The maximum Gasteiger partial charge on any atom is 0.329 e. The Morgan fingerprint density at radius 1 is 1.38 bits per heavy atom. The highest BCUT2D eigenvalue weighted by atomic mass is 16.3. The summed E-state index contributed by atoms with van der Waals surface area (Å²) in [7, 11) is 1.57. The molecule has 2 heterocycles. The number of fused-ring (bicyclic) bond motifs is 1. The number of aliphatic hydroxyl groups excluding tert-OH is 1. The van der Waals surface area contributed by atoms with Crippen LogP contribution in [0.25, 0.3) is 11.2 Å².